The Balaban J connectivity index is 1.29. The van der Waals surface area contributed by atoms with Crippen LogP contribution in [0.25, 0.3) is 10.8 Å². The standard InChI is InChI=1S/C24H29N3O3/c28-22-19-5-2-1-4-18(19)9-10-20(22)23(29)27-11-3-6-21(27)24(30)26-14-12-25(13-15-26)16-17-7-8-17/h1-2,4-5,9-10,17,21,28H,3,6-8,11-16H2. The molecule has 3 aliphatic rings. The molecule has 2 aromatic rings. The van der Waals surface area contributed by atoms with Crippen molar-refractivity contribution in [1.29, 1.82) is 0 Å². The number of hydrogen-bond donors (Lipinski definition) is 1. The van der Waals surface area contributed by atoms with Crippen molar-refractivity contribution in [2.45, 2.75) is 31.7 Å². The highest BCUT2D eigenvalue weighted by molar-refractivity contribution is 6.05. The molecule has 2 aliphatic heterocycles. The van der Waals surface area contributed by atoms with Crippen molar-refractivity contribution in [3.8, 4) is 5.75 Å². The third-order valence-electron chi connectivity index (χ3n) is 6.83. The van der Waals surface area contributed by atoms with Gasteiger partial charge in [0.15, 0.2) is 0 Å². The second-order valence-corrected chi connectivity index (χ2v) is 8.91. The van der Waals surface area contributed by atoms with E-state index in [0.29, 0.717) is 18.4 Å². The molecule has 2 amide bonds. The number of likely N-dealkylation sites (tertiary alicyclic amines) is 1. The van der Waals surface area contributed by atoms with Gasteiger partial charge in [0.1, 0.15) is 11.8 Å². The molecule has 3 fully saturated rings. The first-order chi connectivity index (χ1) is 14.6. The number of amides is 2. The SMILES string of the molecule is O=C(C1CCCN1C(=O)c1ccc2ccccc2c1O)N1CCN(CC2CC2)CC1. The van der Waals surface area contributed by atoms with Crippen LogP contribution in [0, 0.1) is 5.92 Å². The fourth-order valence-corrected chi connectivity index (χ4v) is 4.88. The summed E-state index contributed by atoms with van der Waals surface area (Å²) in [5.41, 5.74) is 0.280. The number of piperazine rings is 1. The number of phenols is 1. The number of fused-ring (bicyclic) bond motifs is 1. The zero-order chi connectivity index (χ0) is 20.7. The number of phenolic OH excluding ortho intramolecular Hbond substituents is 1. The highest BCUT2D eigenvalue weighted by Gasteiger charge is 2.38. The van der Waals surface area contributed by atoms with Crippen molar-refractivity contribution in [3.63, 3.8) is 0 Å². The highest BCUT2D eigenvalue weighted by Crippen LogP contribution is 2.32. The predicted octanol–water partition coefficient (Wildman–Crippen LogP) is 2.70. The summed E-state index contributed by atoms with van der Waals surface area (Å²) in [6, 6.07) is 10.6. The molecule has 158 valence electrons. The van der Waals surface area contributed by atoms with Gasteiger partial charge in [-0.05, 0) is 43.1 Å². The van der Waals surface area contributed by atoms with E-state index < -0.39 is 6.04 Å². The molecule has 1 unspecified atom stereocenters. The fraction of sp³-hybridized carbons (Fsp3) is 0.500. The van der Waals surface area contributed by atoms with E-state index in [2.05, 4.69) is 4.90 Å². The van der Waals surface area contributed by atoms with Crippen LogP contribution in [-0.2, 0) is 4.79 Å². The van der Waals surface area contributed by atoms with Crippen LogP contribution in [0.4, 0.5) is 0 Å². The Hall–Kier alpha value is -2.60. The normalized spacial score (nSPS) is 22.6. The molecule has 6 heteroatoms. The molecule has 1 N–H and O–H groups in total. The van der Waals surface area contributed by atoms with Crippen LogP contribution in [0.2, 0.25) is 0 Å². The quantitative estimate of drug-likeness (QED) is 0.847. The molecule has 2 heterocycles. The number of rotatable bonds is 4. The van der Waals surface area contributed by atoms with E-state index in [0.717, 1.165) is 50.4 Å². The lowest BCUT2D eigenvalue weighted by Crippen LogP contribution is -2.54. The molecular weight excluding hydrogens is 378 g/mol. The zero-order valence-electron chi connectivity index (χ0n) is 17.3. The van der Waals surface area contributed by atoms with E-state index >= 15 is 0 Å². The Labute approximate surface area is 177 Å². The van der Waals surface area contributed by atoms with Crippen molar-refractivity contribution in [2.24, 2.45) is 5.92 Å². The minimum atomic E-state index is -0.418. The van der Waals surface area contributed by atoms with Crippen LogP contribution in [0.15, 0.2) is 36.4 Å². The maximum atomic E-state index is 13.3. The minimum absolute atomic E-state index is 0.00453. The topological polar surface area (TPSA) is 64.1 Å². The lowest BCUT2D eigenvalue weighted by molar-refractivity contribution is -0.137. The van der Waals surface area contributed by atoms with Gasteiger partial charge < -0.3 is 14.9 Å². The maximum Gasteiger partial charge on any atom is 0.258 e. The maximum absolute atomic E-state index is 13.3. The summed E-state index contributed by atoms with van der Waals surface area (Å²) in [4.78, 5) is 32.6. The van der Waals surface area contributed by atoms with E-state index in [4.69, 9.17) is 0 Å². The molecule has 0 aromatic heterocycles. The molecule has 0 bridgehead atoms. The molecule has 5 rings (SSSR count). The average Bonchev–Trinajstić information content (AvgIpc) is 3.45. The van der Waals surface area contributed by atoms with Crippen molar-refractivity contribution >= 4 is 22.6 Å². The molecular formula is C24H29N3O3. The molecule has 1 saturated carbocycles. The van der Waals surface area contributed by atoms with Crippen LogP contribution in [-0.4, -0.2) is 76.9 Å². The number of nitrogens with zero attached hydrogens (tertiary/aromatic N) is 3. The number of carbonyl (C=O) groups is 2. The highest BCUT2D eigenvalue weighted by atomic mass is 16.3. The first kappa shape index (κ1) is 19.4. The molecule has 0 radical (unpaired) electrons. The second-order valence-electron chi connectivity index (χ2n) is 8.91. The summed E-state index contributed by atoms with van der Waals surface area (Å²) in [5, 5.41) is 12.3. The van der Waals surface area contributed by atoms with Crippen LogP contribution in [0.1, 0.15) is 36.0 Å². The van der Waals surface area contributed by atoms with Gasteiger partial charge in [-0.3, -0.25) is 14.5 Å². The first-order valence-electron chi connectivity index (χ1n) is 11.1. The number of carbonyl (C=O) groups excluding carboxylic acids is 2. The zero-order valence-corrected chi connectivity index (χ0v) is 17.3. The Kier molecular flexibility index (Phi) is 5.11. The van der Waals surface area contributed by atoms with Gasteiger partial charge in [0, 0.05) is 44.7 Å². The smallest absolute Gasteiger partial charge is 0.258 e. The number of hydrogen-bond acceptors (Lipinski definition) is 4. The molecule has 0 spiro atoms. The lowest BCUT2D eigenvalue weighted by atomic mass is 10.0. The van der Waals surface area contributed by atoms with Gasteiger partial charge in [-0.1, -0.05) is 30.3 Å². The van der Waals surface area contributed by atoms with Gasteiger partial charge in [0.2, 0.25) is 5.91 Å². The summed E-state index contributed by atoms with van der Waals surface area (Å²) in [7, 11) is 0. The van der Waals surface area contributed by atoms with Crippen molar-refractivity contribution in [2.75, 3.05) is 39.3 Å². The summed E-state index contributed by atoms with van der Waals surface area (Å²) < 4.78 is 0. The molecule has 1 atom stereocenters. The van der Waals surface area contributed by atoms with E-state index in [9.17, 15) is 14.7 Å². The average molecular weight is 408 g/mol. The van der Waals surface area contributed by atoms with Crippen LogP contribution in [0.3, 0.4) is 0 Å². The van der Waals surface area contributed by atoms with Gasteiger partial charge in [-0.2, -0.15) is 0 Å². The molecule has 2 saturated heterocycles. The van der Waals surface area contributed by atoms with Crippen molar-refractivity contribution < 1.29 is 14.7 Å². The Morgan fingerprint density at radius 3 is 2.47 bits per heavy atom. The molecule has 2 aromatic carbocycles. The van der Waals surface area contributed by atoms with Gasteiger partial charge in [-0.15, -0.1) is 0 Å². The molecule has 1 aliphatic carbocycles. The third-order valence-corrected chi connectivity index (χ3v) is 6.83. The number of benzene rings is 2. The van der Waals surface area contributed by atoms with Gasteiger partial charge in [0.05, 0.1) is 5.56 Å². The Bertz CT molecular complexity index is 963. The monoisotopic (exact) mass is 407 g/mol. The van der Waals surface area contributed by atoms with Crippen LogP contribution in [0.5, 0.6) is 5.75 Å². The minimum Gasteiger partial charge on any atom is -0.506 e. The lowest BCUT2D eigenvalue weighted by Gasteiger charge is -2.37. The predicted molar refractivity (Wildman–Crippen MR) is 115 cm³/mol. The number of aromatic hydroxyl groups is 1. The van der Waals surface area contributed by atoms with Crippen molar-refractivity contribution in [1.82, 2.24) is 14.7 Å². The van der Waals surface area contributed by atoms with E-state index in [1.54, 1.807) is 11.0 Å². The van der Waals surface area contributed by atoms with Crippen LogP contribution < -0.4 is 0 Å². The van der Waals surface area contributed by atoms with Gasteiger partial charge >= 0.3 is 0 Å². The first-order valence-corrected chi connectivity index (χ1v) is 11.1. The van der Waals surface area contributed by atoms with Gasteiger partial charge in [0.25, 0.3) is 5.91 Å². The fourth-order valence-electron chi connectivity index (χ4n) is 4.88. The van der Waals surface area contributed by atoms with Crippen molar-refractivity contribution in [3.05, 3.63) is 42.0 Å². The van der Waals surface area contributed by atoms with E-state index in [1.807, 2.05) is 35.2 Å². The van der Waals surface area contributed by atoms with Crippen LogP contribution >= 0.6 is 0 Å². The Morgan fingerprint density at radius 2 is 1.70 bits per heavy atom. The second kappa shape index (κ2) is 7.91. The van der Waals surface area contributed by atoms with E-state index in [-0.39, 0.29) is 23.1 Å². The van der Waals surface area contributed by atoms with Gasteiger partial charge in [-0.25, -0.2) is 0 Å². The largest absolute Gasteiger partial charge is 0.506 e. The third kappa shape index (κ3) is 3.65. The summed E-state index contributed by atoms with van der Waals surface area (Å²) in [6.07, 6.45) is 4.21. The molecule has 6 nitrogen and oxygen atoms in total. The summed E-state index contributed by atoms with van der Waals surface area (Å²) in [6.45, 7) is 5.06. The summed E-state index contributed by atoms with van der Waals surface area (Å²) >= 11 is 0. The van der Waals surface area contributed by atoms with E-state index in [1.165, 1.54) is 12.8 Å². The Morgan fingerprint density at radius 1 is 0.933 bits per heavy atom. The molecule has 30 heavy (non-hydrogen) atoms. The summed E-state index contributed by atoms with van der Waals surface area (Å²) in [5.74, 6) is 0.684.